The molecule has 2 heterocycles. The van der Waals surface area contributed by atoms with E-state index in [4.69, 9.17) is 0 Å². The quantitative estimate of drug-likeness (QED) is 0.663. The second-order valence-electron chi connectivity index (χ2n) is 2.50. The first kappa shape index (κ1) is 10.6. The lowest BCUT2D eigenvalue weighted by atomic mass is 10.7. The minimum Gasteiger partial charge on any atom is -0.312 e. The Hall–Kier alpha value is -0.960. The molecule has 0 bridgehead atoms. The average molecular weight is 332 g/mol. The summed E-state index contributed by atoms with van der Waals surface area (Å²) >= 11 is 3.30. The third-order valence-electron chi connectivity index (χ3n) is 1.52. The first-order chi connectivity index (χ1) is 7.27. The average Bonchev–Trinajstić information content (AvgIpc) is 2.26. The molecule has 2 aromatic rings. The molecule has 2 aromatic heterocycles. The standard InChI is InChI=1S/C8H5IN4OS/c9-6-7(14)12-4-13-8(6)15-5-1-2-10-3-11-5/h1-4H,(H,12,13,14). The molecule has 0 radical (unpaired) electrons. The Labute approximate surface area is 103 Å². The predicted molar refractivity (Wildman–Crippen MR) is 63.7 cm³/mol. The van der Waals surface area contributed by atoms with Crippen LogP contribution in [-0.4, -0.2) is 19.9 Å². The van der Waals surface area contributed by atoms with Gasteiger partial charge in [0, 0.05) is 6.20 Å². The summed E-state index contributed by atoms with van der Waals surface area (Å²) in [4.78, 5) is 25.7. The van der Waals surface area contributed by atoms with Gasteiger partial charge in [0.25, 0.3) is 5.56 Å². The maximum Gasteiger partial charge on any atom is 0.265 e. The number of aromatic nitrogens is 4. The van der Waals surface area contributed by atoms with E-state index < -0.39 is 0 Å². The van der Waals surface area contributed by atoms with Crippen LogP contribution in [0.1, 0.15) is 0 Å². The Kier molecular flexibility index (Phi) is 3.31. The van der Waals surface area contributed by atoms with Crippen molar-refractivity contribution >= 4 is 34.4 Å². The van der Waals surface area contributed by atoms with Gasteiger partial charge in [-0.25, -0.2) is 15.0 Å². The van der Waals surface area contributed by atoms with E-state index >= 15 is 0 Å². The summed E-state index contributed by atoms with van der Waals surface area (Å²) in [5.41, 5.74) is -0.137. The summed E-state index contributed by atoms with van der Waals surface area (Å²) in [6.45, 7) is 0. The minimum absolute atomic E-state index is 0.137. The highest BCUT2D eigenvalue weighted by atomic mass is 127. The zero-order chi connectivity index (χ0) is 10.7. The zero-order valence-electron chi connectivity index (χ0n) is 7.35. The normalized spacial score (nSPS) is 10.2. The topological polar surface area (TPSA) is 71.5 Å². The zero-order valence-corrected chi connectivity index (χ0v) is 10.3. The molecule has 0 atom stereocenters. The van der Waals surface area contributed by atoms with E-state index in [1.54, 1.807) is 12.3 Å². The van der Waals surface area contributed by atoms with E-state index in [2.05, 4.69) is 19.9 Å². The van der Waals surface area contributed by atoms with Crippen molar-refractivity contribution in [1.82, 2.24) is 19.9 Å². The van der Waals surface area contributed by atoms with Crippen LogP contribution in [0, 0.1) is 3.57 Å². The number of nitrogens with one attached hydrogen (secondary N) is 1. The monoisotopic (exact) mass is 332 g/mol. The van der Waals surface area contributed by atoms with Crippen LogP contribution >= 0.6 is 34.4 Å². The largest absolute Gasteiger partial charge is 0.312 e. The van der Waals surface area contributed by atoms with Gasteiger partial charge in [-0.1, -0.05) is 0 Å². The molecule has 15 heavy (non-hydrogen) atoms. The van der Waals surface area contributed by atoms with Gasteiger partial charge in [0.05, 0.1) is 6.33 Å². The van der Waals surface area contributed by atoms with Gasteiger partial charge in [-0.15, -0.1) is 0 Å². The van der Waals surface area contributed by atoms with Gasteiger partial charge >= 0.3 is 0 Å². The molecule has 0 saturated heterocycles. The molecule has 0 amide bonds. The molecule has 0 aliphatic carbocycles. The summed E-state index contributed by atoms with van der Waals surface area (Å²) in [5.74, 6) is 0. The van der Waals surface area contributed by atoms with Crippen molar-refractivity contribution in [3.63, 3.8) is 0 Å². The van der Waals surface area contributed by atoms with Gasteiger partial charge in [-0.05, 0) is 40.4 Å². The Morgan fingerprint density at radius 3 is 3.00 bits per heavy atom. The maximum atomic E-state index is 11.3. The number of halogens is 1. The van der Waals surface area contributed by atoms with E-state index in [0.717, 1.165) is 5.03 Å². The molecule has 0 spiro atoms. The SMILES string of the molecule is O=c1[nH]cnc(Sc2ccncn2)c1I. The van der Waals surface area contributed by atoms with E-state index in [0.29, 0.717) is 8.60 Å². The second-order valence-corrected chi connectivity index (χ2v) is 4.59. The van der Waals surface area contributed by atoms with Crippen molar-refractivity contribution in [3.05, 3.63) is 38.8 Å². The lowest BCUT2D eigenvalue weighted by molar-refractivity contribution is 0.977. The van der Waals surface area contributed by atoms with Crippen LogP contribution in [0.5, 0.6) is 0 Å². The van der Waals surface area contributed by atoms with Crippen LogP contribution in [0.25, 0.3) is 0 Å². The molecular weight excluding hydrogens is 327 g/mol. The molecule has 0 aromatic carbocycles. The molecule has 0 aliphatic heterocycles. The minimum atomic E-state index is -0.137. The molecule has 1 N–H and O–H groups in total. The predicted octanol–water partition coefficient (Wildman–Crippen LogP) is 1.32. The number of rotatable bonds is 2. The third kappa shape index (κ3) is 2.53. The van der Waals surface area contributed by atoms with Crippen molar-refractivity contribution in [2.24, 2.45) is 0 Å². The number of hydrogen-bond donors (Lipinski definition) is 1. The Balaban J connectivity index is 2.33. The molecule has 76 valence electrons. The molecule has 2 rings (SSSR count). The van der Waals surface area contributed by atoms with Gasteiger partial charge in [-0.3, -0.25) is 4.79 Å². The first-order valence-corrected chi connectivity index (χ1v) is 5.84. The van der Waals surface area contributed by atoms with Crippen LogP contribution in [0.4, 0.5) is 0 Å². The second kappa shape index (κ2) is 4.71. The first-order valence-electron chi connectivity index (χ1n) is 3.94. The number of nitrogens with zero attached hydrogens (tertiary/aromatic N) is 3. The van der Waals surface area contributed by atoms with Gasteiger partial charge in [0.15, 0.2) is 0 Å². The molecule has 7 heteroatoms. The van der Waals surface area contributed by atoms with Crippen LogP contribution in [0.15, 0.2) is 39.8 Å². The van der Waals surface area contributed by atoms with Gasteiger partial charge < -0.3 is 4.98 Å². The van der Waals surface area contributed by atoms with Crippen molar-refractivity contribution in [1.29, 1.82) is 0 Å². The van der Waals surface area contributed by atoms with Crippen LogP contribution in [0.3, 0.4) is 0 Å². The number of H-pyrrole nitrogens is 1. The smallest absolute Gasteiger partial charge is 0.265 e. The van der Waals surface area contributed by atoms with Crippen molar-refractivity contribution in [3.8, 4) is 0 Å². The number of aromatic amines is 1. The fraction of sp³-hybridized carbons (Fsp3) is 0. The van der Waals surface area contributed by atoms with E-state index in [9.17, 15) is 4.79 Å². The molecular formula is C8H5IN4OS. The molecule has 0 saturated carbocycles. The highest BCUT2D eigenvalue weighted by Crippen LogP contribution is 2.25. The van der Waals surface area contributed by atoms with E-state index in [-0.39, 0.29) is 5.56 Å². The van der Waals surface area contributed by atoms with Crippen LogP contribution < -0.4 is 5.56 Å². The summed E-state index contributed by atoms with van der Waals surface area (Å²) < 4.78 is 0.568. The fourth-order valence-corrected chi connectivity index (χ4v) is 2.22. The Morgan fingerprint density at radius 2 is 2.27 bits per heavy atom. The highest BCUT2D eigenvalue weighted by Gasteiger charge is 2.07. The maximum absolute atomic E-state index is 11.3. The lowest BCUT2D eigenvalue weighted by Gasteiger charge is -2.00. The van der Waals surface area contributed by atoms with Crippen molar-refractivity contribution in [2.45, 2.75) is 10.1 Å². The number of hydrogen-bond acceptors (Lipinski definition) is 5. The fourth-order valence-electron chi connectivity index (χ4n) is 0.876. The summed E-state index contributed by atoms with van der Waals surface area (Å²) in [5, 5.41) is 1.42. The van der Waals surface area contributed by atoms with Crippen LogP contribution in [0.2, 0.25) is 0 Å². The molecule has 0 fully saturated rings. The van der Waals surface area contributed by atoms with Crippen molar-refractivity contribution < 1.29 is 0 Å². The third-order valence-corrected chi connectivity index (χ3v) is 3.84. The van der Waals surface area contributed by atoms with E-state index in [1.165, 1.54) is 24.4 Å². The molecule has 0 unspecified atom stereocenters. The van der Waals surface area contributed by atoms with Crippen LogP contribution in [-0.2, 0) is 0 Å². The van der Waals surface area contributed by atoms with Gasteiger partial charge in [-0.2, -0.15) is 0 Å². The Morgan fingerprint density at radius 1 is 1.40 bits per heavy atom. The Bertz CT molecular complexity index is 516. The summed E-state index contributed by atoms with van der Waals surface area (Å²) in [7, 11) is 0. The van der Waals surface area contributed by atoms with Gasteiger partial charge in [0.2, 0.25) is 0 Å². The van der Waals surface area contributed by atoms with Gasteiger partial charge in [0.1, 0.15) is 19.9 Å². The van der Waals surface area contributed by atoms with E-state index in [1.807, 2.05) is 22.6 Å². The lowest BCUT2D eigenvalue weighted by Crippen LogP contribution is -2.11. The summed E-state index contributed by atoms with van der Waals surface area (Å²) in [6.07, 6.45) is 4.49. The summed E-state index contributed by atoms with van der Waals surface area (Å²) in [6, 6.07) is 1.77. The van der Waals surface area contributed by atoms with Crippen molar-refractivity contribution in [2.75, 3.05) is 0 Å². The molecule has 0 aliphatic rings. The highest BCUT2D eigenvalue weighted by molar-refractivity contribution is 14.1. The molecule has 5 nitrogen and oxygen atoms in total.